The molecule has 0 saturated carbocycles. The minimum absolute atomic E-state index is 0.115. The van der Waals surface area contributed by atoms with Crippen LogP contribution in [0.1, 0.15) is 5.82 Å². The number of nitrogens with one attached hydrogen (secondary N) is 1. The van der Waals surface area contributed by atoms with Crippen molar-refractivity contribution in [2.24, 2.45) is 0 Å². The minimum Gasteiger partial charge on any atom is -0.309 e. The average Bonchev–Trinajstić information content (AvgIpc) is 2.84. The standard InChI is InChI=1S/C14H9N3OS/c15-7-6-11-16-13(18)12-10(8-19-14(12)17-11)9-4-2-1-3-5-9/h1-5,8H,6H2,(H,16,17,18). The van der Waals surface area contributed by atoms with Crippen LogP contribution in [0.2, 0.25) is 0 Å². The van der Waals surface area contributed by atoms with E-state index in [1.165, 1.54) is 11.3 Å². The molecule has 92 valence electrons. The lowest BCUT2D eigenvalue weighted by molar-refractivity contribution is 1.01. The Morgan fingerprint density at radius 2 is 2.11 bits per heavy atom. The molecule has 0 aliphatic heterocycles. The van der Waals surface area contributed by atoms with Crippen LogP contribution in [0.15, 0.2) is 40.5 Å². The van der Waals surface area contributed by atoms with Crippen molar-refractivity contribution in [3.8, 4) is 17.2 Å². The zero-order chi connectivity index (χ0) is 13.2. The first-order valence-electron chi connectivity index (χ1n) is 5.72. The van der Waals surface area contributed by atoms with Gasteiger partial charge in [0.25, 0.3) is 5.56 Å². The van der Waals surface area contributed by atoms with E-state index >= 15 is 0 Å². The molecule has 5 heteroatoms. The molecule has 0 aliphatic carbocycles. The van der Waals surface area contributed by atoms with E-state index in [0.29, 0.717) is 16.0 Å². The van der Waals surface area contributed by atoms with Crippen molar-refractivity contribution in [2.75, 3.05) is 0 Å². The molecule has 1 N–H and O–H groups in total. The van der Waals surface area contributed by atoms with Gasteiger partial charge in [0, 0.05) is 10.9 Å². The van der Waals surface area contributed by atoms with Gasteiger partial charge in [-0.3, -0.25) is 4.79 Å². The summed E-state index contributed by atoms with van der Waals surface area (Å²) in [5.41, 5.74) is 1.70. The predicted molar refractivity (Wildman–Crippen MR) is 75.0 cm³/mol. The molecule has 0 spiro atoms. The number of hydrogen-bond donors (Lipinski definition) is 1. The molecule has 0 radical (unpaired) electrons. The van der Waals surface area contributed by atoms with Gasteiger partial charge in [-0.05, 0) is 5.56 Å². The Kier molecular flexibility index (Phi) is 2.86. The third-order valence-electron chi connectivity index (χ3n) is 2.82. The smallest absolute Gasteiger partial charge is 0.260 e. The summed E-state index contributed by atoms with van der Waals surface area (Å²) in [6.45, 7) is 0. The topological polar surface area (TPSA) is 69.5 Å². The van der Waals surface area contributed by atoms with Gasteiger partial charge in [-0.1, -0.05) is 30.3 Å². The van der Waals surface area contributed by atoms with E-state index in [1.807, 2.05) is 41.8 Å². The Bertz CT molecular complexity index is 827. The van der Waals surface area contributed by atoms with Crippen molar-refractivity contribution in [3.05, 3.63) is 51.9 Å². The van der Waals surface area contributed by atoms with Gasteiger partial charge < -0.3 is 4.98 Å². The summed E-state index contributed by atoms with van der Waals surface area (Å²) in [5, 5.41) is 11.2. The van der Waals surface area contributed by atoms with Gasteiger partial charge in [0.1, 0.15) is 10.7 Å². The van der Waals surface area contributed by atoms with Crippen LogP contribution in [0.25, 0.3) is 21.3 Å². The number of fused-ring (bicyclic) bond motifs is 1. The quantitative estimate of drug-likeness (QED) is 0.776. The summed E-state index contributed by atoms with van der Waals surface area (Å²) < 4.78 is 0. The Balaban J connectivity index is 2.25. The van der Waals surface area contributed by atoms with Crippen molar-refractivity contribution in [3.63, 3.8) is 0 Å². The Labute approximate surface area is 113 Å². The maximum atomic E-state index is 12.1. The zero-order valence-electron chi connectivity index (χ0n) is 9.88. The fraction of sp³-hybridized carbons (Fsp3) is 0.0714. The van der Waals surface area contributed by atoms with E-state index < -0.39 is 0 Å². The maximum absolute atomic E-state index is 12.1. The number of aromatic nitrogens is 2. The van der Waals surface area contributed by atoms with Crippen LogP contribution in [0.5, 0.6) is 0 Å². The van der Waals surface area contributed by atoms with Crippen molar-refractivity contribution in [1.82, 2.24) is 9.97 Å². The molecule has 0 aliphatic rings. The molecule has 4 nitrogen and oxygen atoms in total. The van der Waals surface area contributed by atoms with Gasteiger partial charge in [0.05, 0.1) is 17.9 Å². The Morgan fingerprint density at radius 3 is 2.84 bits per heavy atom. The van der Waals surface area contributed by atoms with Crippen molar-refractivity contribution in [2.45, 2.75) is 6.42 Å². The normalized spacial score (nSPS) is 10.5. The van der Waals surface area contributed by atoms with Gasteiger partial charge in [0.15, 0.2) is 0 Å². The van der Waals surface area contributed by atoms with E-state index in [4.69, 9.17) is 5.26 Å². The second kappa shape index (κ2) is 4.67. The molecule has 0 atom stereocenters. The molecular formula is C14H9N3OS. The summed E-state index contributed by atoms with van der Waals surface area (Å²) in [7, 11) is 0. The molecule has 0 saturated heterocycles. The maximum Gasteiger partial charge on any atom is 0.260 e. The van der Waals surface area contributed by atoms with Gasteiger partial charge in [0.2, 0.25) is 0 Å². The lowest BCUT2D eigenvalue weighted by Crippen LogP contribution is -2.10. The second-order valence-electron chi connectivity index (χ2n) is 4.04. The molecule has 0 bridgehead atoms. The summed E-state index contributed by atoms with van der Waals surface area (Å²) >= 11 is 1.42. The molecule has 19 heavy (non-hydrogen) atoms. The lowest BCUT2D eigenvalue weighted by atomic mass is 10.1. The Hall–Kier alpha value is -2.45. The number of nitrogens with zero attached hydrogens (tertiary/aromatic N) is 2. The molecule has 1 aromatic carbocycles. The second-order valence-corrected chi connectivity index (χ2v) is 4.90. The van der Waals surface area contributed by atoms with E-state index in [1.54, 1.807) is 0 Å². The molecule has 0 fully saturated rings. The number of H-pyrrole nitrogens is 1. The predicted octanol–water partition coefficient (Wildman–Crippen LogP) is 2.72. The van der Waals surface area contributed by atoms with Crippen LogP contribution in [-0.4, -0.2) is 9.97 Å². The van der Waals surface area contributed by atoms with Crippen LogP contribution in [-0.2, 0) is 6.42 Å². The van der Waals surface area contributed by atoms with Gasteiger partial charge in [-0.15, -0.1) is 11.3 Å². The molecule has 3 rings (SSSR count). The van der Waals surface area contributed by atoms with Crippen LogP contribution in [0.4, 0.5) is 0 Å². The summed E-state index contributed by atoms with van der Waals surface area (Å²) in [5.74, 6) is 0.418. The number of thiophene rings is 1. The first-order chi connectivity index (χ1) is 9.29. The van der Waals surface area contributed by atoms with Crippen molar-refractivity contribution < 1.29 is 0 Å². The van der Waals surface area contributed by atoms with Crippen LogP contribution in [0.3, 0.4) is 0 Å². The average molecular weight is 267 g/mol. The molecule has 0 amide bonds. The number of hydrogen-bond acceptors (Lipinski definition) is 4. The van der Waals surface area contributed by atoms with Crippen LogP contribution < -0.4 is 5.56 Å². The molecule has 2 aromatic heterocycles. The molecule has 3 aromatic rings. The lowest BCUT2D eigenvalue weighted by Gasteiger charge is -1.99. The van der Waals surface area contributed by atoms with E-state index in [9.17, 15) is 4.79 Å². The number of rotatable bonds is 2. The Morgan fingerprint density at radius 1 is 1.32 bits per heavy atom. The number of aromatic amines is 1. The van der Waals surface area contributed by atoms with Gasteiger partial charge >= 0.3 is 0 Å². The van der Waals surface area contributed by atoms with Gasteiger partial charge in [-0.25, -0.2) is 4.98 Å². The SMILES string of the molecule is N#CCc1nc2scc(-c3ccccc3)c2c(=O)[nH]1. The van der Waals surface area contributed by atoms with Gasteiger partial charge in [-0.2, -0.15) is 5.26 Å². The fourth-order valence-corrected chi connectivity index (χ4v) is 2.95. The van der Waals surface area contributed by atoms with Crippen LogP contribution >= 0.6 is 11.3 Å². The number of nitriles is 1. The van der Waals surface area contributed by atoms with Crippen molar-refractivity contribution in [1.29, 1.82) is 5.26 Å². The van der Waals surface area contributed by atoms with Crippen molar-refractivity contribution >= 4 is 21.6 Å². The fourth-order valence-electron chi connectivity index (χ4n) is 1.98. The molecule has 0 unspecified atom stereocenters. The first-order valence-corrected chi connectivity index (χ1v) is 6.60. The highest BCUT2D eigenvalue weighted by Crippen LogP contribution is 2.30. The monoisotopic (exact) mass is 267 g/mol. The third-order valence-corrected chi connectivity index (χ3v) is 3.70. The third kappa shape index (κ3) is 2.02. The highest BCUT2D eigenvalue weighted by Gasteiger charge is 2.12. The molecule has 2 heterocycles. The van der Waals surface area contributed by atoms with E-state index in [-0.39, 0.29) is 12.0 Å². The van der Waals surface area contributed by atoms with E-state index in [2.05, 4.69) is 9.97 Å². The molecular weight excluding hydrogens is 258 g/mol. The summed E-state index contributed by atoms with van der Waals surface area (Å²) in [6, 6.07) is 11.7. The number of benzene rings is 1. The first kappa shape index (κ1) is 11.6. The largest absolute Gasteiger partial charge is 0.309 e. The summed E-state index contributed by atoms with van der Waals surface area (Å²) in [6.07, 6.45) is 0.115. The zero-order valence-corrected chi connectivity index (χ0v) is 10.7. The highest BCUT2D eigenvalue weighted by atomic mass is 32.1. The van der Waals surface area contributed by atoms with E-state index in [0.717, 1.165) is 11.1 Å². The van der Waals surface area contributed by atoms with Crippen LogP contribution in [0, 0.1) is 11.3 Å². The highest BCUT2D eigenvalue weighted by molar-refractivity contribution is 7.17. The minimum atomic E-state index is -0.185. The summed E-state index contributed by atoms with van der Waals surface area (Å²) in [4.78, 5) is 19.8.